The maximum absolute atomic E-state index is 12.6. The van der Waals surface area contributed by atoms with E-state index in [1.165, 1.54) is 19.1 Å². The molecule has 1 rings (SSSR count). The average Bonchev–Trinajstić information content (AvgIpc) is 2.12. The van der Waals surface area contributed by atoms with Crippen LogP contribution in [0.1, 0.15) is 12.6 Å². The standard InChI is InChI=1S/C10H9FN2O/c1-8(14)12-7-3-5-9-4-2-6-10(11)13-9/h2,4,6H,7H2,1H3,(H,12,14). The van der Waals surface area contributed by atoms with Gasteiger partial charge in [0.15, 0.2) is 0 Å². The van der Waals surface area contributed by atoms with Gasteiger partial charge >= 0.3 is 0 Å². The number of carbonyl (C=O) groups is 1. The number of pyridine rings is 1. The molecule has 1 heterocycles. The number of hydrogen-bond donors (Lipinski definition) is 1. The first kappa shape index (κ1) is 10.2. The monoisotopic (exact) mass is 192 g/mol. The van der Waals surface area contributed by atoms with Gasteiger partial charge in [0.1, 0.15) is 5.69 Å². The smallest absolute Gasteiger partial charge is 0.217 e. The Balaban J connectivity index is 2.55. The molecular weight excluding hydrogens is 183 g/mol. The third kappa shape index (κ3) is 3.68. The second-order valence-corrected chi connectivity index (χ2v) is 2.56. The highest BCUT2D eigenvalue weighted by molar-refractivity contribution is 5.73. The zero-order valence-corrected chi connectivity index (χ0v) is 7.67. The Bertz CT molecular complexity index is 393. The maximum atomic E-state index is 12.6. The van der Waals surface area contributed by atoms with Gasteiger partial charge in [-0.25, -0.2) is 4.98 Å². The fourth-order valence-corrected chi connectivity index (χ4v) is 0.781. The Morgan fingerprint density at radius 1 is 1.64 bits per heavy atom. The number of hydrogen-bond acceptors (Lipinski definition) is 2. The van der Waals surface area contributed by atoms with Gasteiger partial charge in [-0.2, -0.15) is 4.39 Å². The summed E-state index contributed by atoms with van der Waals surface area (Å²) in [6, 6.07) is 4.38. The molecule has 0 bridgehead atoms. The SMILES string of the molecule is CC(=O)NCC#Cc1cccc(F)n1. The van der Waals surface area contributed by atoms with Crippen LogP contribution >= 0.6 is 0 Å². The Kier molecular flexibility index (Phi) is 3.62. The molecule has 0 aliphatic heterocycles. The summed E-state index contributed by atoms with van der Waals surface area (Å²) in [6.45, 7) is 1.65. The van der Waals surface area contributed by atoms with Crippen molar-refractivity contribution in [2.75, 3.05) is 6.54 Å². The lowest BCUT2D eigenvalue weighted by molar-refractivity contribution is -0.118. The maximum Gasteiger partial charge on any atom is 0.217 e. The van der Waals surface area contributed by atoms with Crippen LogP contribution in [0.3, 0.4) is 0 Å². The molecular formula is C10H9FN2O. The molecule has 1 N–H and O–H groups in total. The van der Waals surface area contributed by atoms with Crippen molar-refractivity contribution in [3.63, 3.8) is 0 Å². The second-order valence-electron chi connectivity index (χ2n) is 2.56. The van der Waals surface area contributed by atoms with E-state index in [2.05, 4.69) is 22.1 Å². The predicted octanol–water partition coefficient (Wildman–Crippen LogP) is 0.708. The van der Waals surface area contributed by atoms with E-state index in [1.54, 1.807) is 6.07 Å². The topological polar surface area (TPSA) is 42.0 Å². The Hall–Kier alpha value is -1.89. The lowest BCUT2D eigenvalue weighted by Crippen LogP contribution is -2.19. The second kappa shape index (κ2) is 4.97. The Labute approximate surface area is 81.4 Å². The molecule has 0 saturated heterocycles. The largest absolute Gasteiger partial charge is 0.345 e. The molecule has 0 radical (unpaired) electrons. The first-order valence-corrected chi connectivity index (χ1v) is 4.04. The molecule has 0 fully saturated rings. The number of carbonyl (C=O) groups excluding carboxylic acids is 1. The molecule has 3 nitrogen and oxygen atoms in total. The first-order chi connectivity index (χ1) is 6.68. The summed E-state index contributed by atoms with van der Waals surface area (Å²) in [5.41, 5.74) is 0.357. The van der Waals surface area contributed by atoms with Crippen molar-refractivity contribution in [1.82, 2.24) is 10.3 Å². The summed E-state index contributed by atoms with van der Waals surface area (Å²) in [7, 11) is 0. The van der Waals surface area contributed by atoms with E-state index in [1.807, 2.05) is 0 Å². The van der Waals surface area contributed by atoms with Gasteiger partial charge in [-0.05, 0) is 18.1 Å². The molecule has 0 aliphatic rings. The van der Waals surface area contributed by atoms with Crippen LogP contribution in [0.25, 0.3) is 0 Å². The van der Waals surface area contributed by atoms with Crippen LogP contribution in [-0.4, -0.2) is 17.4 Å². The third-order valence-corrected chi connectivity index (χ3v) is 1.36. The molecule has 1 amide bonds. The Morgan fingerprint density at radius 3 is 3.07 bits per heavy atom. The van der Waals surface area contributed by atoms with Crippen LogP contribution in [0.2, 0.25) is 0 Å². The minimum atomic E-state index is -0.559. The average molecular weight is 192 g/mol. The van der Waals surface area contributed by atoms with E-state index in [-0.39, 0.29) is 12.5 Å². The van der Waals surface area contributed by atoms with Gasteiger partial charge in [-0.3, -0.25) is 4.79 Å². The van der Waals surface area contributed by atoms with E-state index in [9.17, 15) is 9.18 Å². The fourth-order valence-electron chi connectivity index (χ4n) is 0.781. The van der Waals surface area contributed by atoms with E-state index in [0.717, 1.165) is 0 Å². The molecule has 4 heteroatoms. The zero-order valence-electron chi connectivity index (χ0n) is 7.67. The number of aromatic nitrogens is 1. The molecule has 0 atom stereocenters. The summed E-state index contributed by atoms with van der Waals surface area (Å²) in [5, 5.41) is 2.50. The molecule has 0 spiro atoms. The van der Waals surface area contributed by atoms with Gasteiger partial charge in [0.2, 0.25) is 11.9 Å². The van der Waals surface area contributed by atoms with Crippen LogP contribution in [0.15, 0.2) is 18.2 Å². The summed E-state index contributed by atoms with van der Waals surface area (Å²) in [5.74, 6) is 4.57. The first-order valence-electron chi connectivity index (χ1n) is 4.04. The summed E-state index contributed by atoms with van der Waals surface area (Å²) < 4.78 is 12.6. The lowest BCUT2D eigenvalue weighted by atomic mass is 10.3. The van der Waals surface area contributed by atoms with Crippen molar-refractivity contribution in [3.8, 4) is 11.8 Å². The van der Waals surface area contributed by atoms with E-state index >= 15 is 0 Å². The van der Waals surface area contributed by atoms with Crippen molar-refractivity contribution >= 4 is 5.91 Å². The quantitative estimate of drug-likeness (QED) is 0.526. The Morgan fingerprint density at radius 2 is 2.43 bits per heavy atom. The summed E-state index contributed by atoms with van der Waals surface area (Å²) in [6.07, 6.45) is 0. The molecule has 0 saturated carbocycles. The van der Waals surface area contributed by atoms with Gasteiger partial charge < -0.3 is 5.32 Å². The van der Waals surface area contributed by atoms with Gasteiger partial charge in [0.25, 0.3) is 0 Å². The van der Waals surface area contributed by atoms with Crippen LogP contribution in [0.5, 0.6) is 0 Å². The van der Waals surface area contributed by atoms with E-state index in [0.29, 0.717) is 5.69 Å². The minimum absolute atomic E-state index is 0.147. The van der Waals surface area contributed by atoms with Crippen molar-refractivity contribution in [2.24, 2.45) is 0 Å². The van der Waals surface area contributed by atoms with Gasteiger partial charge in [-0.1, -0.05) is 12.0 Å². The third-order valence-electron chi connectivity index (χ3n) is 1.36. The van der Waals surface area contributed by atoms with Crippen LogP contribution in [-0.2, 0) is 4.79 Å². The lowest BCUT2D eigenvalue weighted by Gasteiger charge is -1.91. The molecule has 0 aromatic carbocycles. The van der Waals surface area contributed by atoms with Gasteiger partial charge in [0, 0.05) is 6.92 Å². The zero-order chi connectivity index (χ0) is 10.4. The summed E-state index contributed by atoms with van der Waals surface area (Å²) >= 11 is 0. The minimum Gasteiger partial charge on any atom is -0.345 e. The summed E-state index contributed by atoms with van der Waals surface area (Å²) in [4.78, 5) is 14.0. The number of rotatable bonds is 1. The molecule has 72 valence electrons. The molecule has 1 aromatic heterocycles. The molecule has 14 heavy (non-hydrogen) atoms. The molecule has 0 unspecified atom stereocenters. The van der Waals surface area contributed by atoms with Gasteiger partial charge in [0.05, 0.1) is 6.54 Å². The van der Waals surface area contributed by atoms with Gasteiger partial charge in [-0.15, -0.1) is 0 Å². The van der Waals surface area contributed by atoms with Crippen molar-refractivity contribution in [3.05, 3.63) is 29.8 Å². The normalized spacial score (nSPS) is 8.71. The highest BCUT2D eigenvalue weighted by Gasteiger charge is 1.91. The highest BCUT2D eigenvalue weighted by Crippen LogP contribution is 1.94. The molecule has 0 aliphatic carbocycles. The van der Waals surface area contributed by atoms with Crippen molar-refractivity contribution < 1.29 is 9.18 Å². The van der Waals surface area contributed by atoms with Crippen LogP contribution in [0, 0.1) is 17.8 Å². The number of amides is 1. The van der Waals surface area contributed by atoms with Crippen LogP contribution in [0.4, 0.5) is 4.39 Å². The number of halogens is 1. The molecule has 1 aromatic rings. The predicted molar refractivity (Wildman–Crippen MR) is 49.8 cm³/mol. The van der Waals surface area contributed by atoms with E-state index < -0.39 is 5.95 Å². The van der Waals surface area contributed by atoms with Crippen LogP contribution < -0.4 is 5.32 Å². The van der Waals surface area contributed by atoms with Crippen molar-refractivity contribution in [2.45, 2.75) is 6.92 Å². The number of nitrogens with zero attached hydrogens (tertiary/aromatic N) is 1. The number of nitrogens with one attached hydrogen (secondary N) is 1. The fraction of sp³-hybridized carbons (Fsp3) is 0.200. The highest BCUT2D eigenvalue weighted by atomic mass is 19.1. The van der Waals surface area contributed by atoms with E-state index in [4.69, 9.17) is 0 Å². The van der Waals surface area contributed by atoms with Crippen molar-refractivity contribution in [1.29, 1.82) is 0 Å².